The molecule has 0 atom stereocenters. The second-order valence-corrected chi connectivity index (χ2v) is 7.22. The van der Waals surface area contributed by atoms with Crippen LogP contribution in [0.25, 0.3) is 11.3 Å². The number of amides is 1. The molecule has 1 fully saturated rings. The van der Waals surface area contributed by atoms with Crippen LogP contribution in [0.1, 0.15) is 32.1 Å². The van der Waals surface area contributed by atoms with Gasteiger partial charge in [-0.05, 0) is 37.4 Å². The second-order valence-electron chi connectivity index (χ2n) is 6.33. The highest BCUT2D eigenvalue weighted by Crippen LogP contribution is 2.24. The lowest BCUT2D eigenvalue weighted by Crippen LogP contribution is -2.32. The van der Waals surface area contributed by atoms with E-state index in [-0.39, 0.29) is 5.91 Å². The lowest BCUT2D eigenvalue weighted by atomic mass is 9.89. The van der Waals surface area contributed by atoms with Crippen molar-refractivity contribution in [2.24, 2.45) is 5.92 Å². The van der Waals surface area contributed by atoms with E-state index < -0.39 is 0 Å². The van der Waals surface area contributed by atoms with Crippen LogP contribution in [0.4, 0.5) is 10.8 Å². The van der Waals surface area contributed by atoms with Crippen LogP contribution < -0.4 is 16.4 Å². The molecule has 1 aromatic carbocycles. The number of nitrogen functional groups attached to an aromatic ring is 1. The Labute approximate surface area is 146 Å². The molecule has 6 heteroatoms. The van der Waals surface area contributed by atoms with Gasteiger partial charge >= 0.3 is 0 Å². The standard InChI is InChI=1S/C18H24N4OS/c19-18-22-16(12-24-18)14-6-8-15(9-7-14)21-17(23)11-20-10-13-4-2-1-3-5-13/h6-9,12-13,20H,1-5,10-11H2,(H2,19,22)(H,21,23). The van der Waals surface area contributed by atoms with Gasteiger partial charge in [-0.3, -0.25) is 4.79 Å². The number of aromatic nitrogens is 1. The quantitative estimate of drug-likeness (QED) is 0.749. The van der Waals surface area contributed by atoms with Gasteiger partial charge in [0.2, 0.25) is 5.91 Å². The summed E-state index contributed by atoms with van der Waals surface area (Å²) in [7, 11) is 0. The van der Waals surface area contributed by atoms with Gasteiger partial charge < -0.3 is 16.4 Å². The van der Waals surface area contributed by atoms with Crippen molar-refractivity contribution in [1.29, 1.82) is 0 Å². The normalized spacial score (nSPS) is 15.3. The number of anilines is 2. The van der Waals surface area contributed by atoms with Crippen molar-refractivity contribution in [1.82, 2.24) is 10.3 Å². The van der Waals surface area contributed by atoms with Crippen molar-refractivity contribution < 1.29 is 4.79 Å². The Kier molecular flexibility index (Phi) is 5.82. The van der Waals surface area contributed by atoms with Gasteiger partial charge in [0.05, 0.1) is 12.2 Å². The highest BCUT2D eigenvalue weighted by Gasteiger charge is 2.13. The van der Waals surface area contributed by atoms with Gasteiger partial charge in [-0.15, -0.1) is 11.3 Å². The number of rotatable bonds is 6. The molecule has 0 unspecified atom stereocenters. The van der Waals surface area contributed by atoms with E-state index in [9.17, 15) is 4.79 Å². The number of carbonyl (C=O) groups excluding carboxylic acids is 1. The summed E-state index contributed by atoms with van der Waals surface area (Å²) in [5.41, 5.74) is 8.32. The van der Waals surface area contributed by atoms with Crippen molar-refractivity contribution in [3.8, 4) is 11.3 Å². The predicted molar refractivity (Wildman–Crippen MR) is 100 cm³/mol. The minimum Gasteiger partial charge on any atom is -0.375 e. The summed E-state index contributed by atoms with van der Waals surface area (Å²) in [6.45, 7) is 1.30. The number of nitrogens with zero attached hydrogens (tertiary/aromatic N) is 1. The van der Waals surface area contributed by atoms with Crippen LogP contribution in [-0.2, 0) is 4.79 Å². The van der Waals surface area contributed by atoms with E-state index in [2.05, 4.69) is 15.6 Å². The Hall–Kier alpha value is -1.92. The zero-order valence-corrected chi connectivity index (χ0v) is 14.6. The minimum absolute atomic E-state index is 0.00328. The Morgan fingerprint density at radius 3 is 2.62 bits per heavy atom. The third-order valence-electron chi connectivity index (χ3n) is 4.43. The number of nitrogens with one attached hydrogen (secondary N) is 2. The van der Waals surface area contributed by atoms with Crippen molar-refractivity contribution in [2.75, 3.05) is 24.1 Å². The Balaban J connectivity index is 1.44. The Morgan fingerprint density at radius 1 is 1.21 bits per heavy atom. The first-order valence-corrected chi connectivity index (χ1v) is 9.40. The zero-order chi connectivity index (χ0) is 16.8. The molecule has 1 aliphatic rings. The topological polar surface area (TPSA) is 80.0 Å². The van der Waals surface area contributed by atoms with Crippen molar-refractivity contribution >= 4 is 28.1 Å². The van der Waals surface area contributed by atoms with E-state index >= 15 is 0 Å². The summed E-state index contributed by atoms with van der Waals surface area (Å²) < 4.78 is 0. The Morgan fingerprint density at radius 2 is 1.96 bits per heavy atom. The molecule has 24 heavy (non-hydrogen) atoms. The first kappa shape index (κ1) is 16.9. The molecule has 3 rings (SSSR count). The molecule has 1 heterocycles. The molecule has 0 bridgehead atoms. The van der Waals surface area contributed by atoms with Gasteiger partial charge in [0, 0.05) is 16.6 Å². The molecule has 128 valence electrons. The smallest absolute Gasteiger partial charge is 0.238 e. The van der Waals surface area contributed by atoms with Crippen molar-refractivity contribution in [3.05, 3.63) is 29.6 Å². The van der Waals surface area contributed by atoms with E-state index in [1.165, 1.54) is 43.4 Å². The Bertz CT molecular complexity index is 662. The fraction of sp³-hybridized carbons (Fsp3) is 0.444. The van der Waals surface area contributed by atoms with Crippen LogP contribution in [-0.4, -0.2) is 24.0 Å². The number of thiazole rings is 1. The minimum atomic E-state index is -0.00328. The third-order valence-corrected chi connectivity index (χ3v) is 5.10. The molecule has 1 saturated carbocycles. The van der Waals surface area contributed by atoms with Crippen LogP contribution >= 0.6 is 11.3 Å². The van der Waals surface area contributed by atoms with Crippen molar-refractivity contribution in [3.63, 3.8) is 0 Å². The molecular weight excluding hydrogens is 320 g/mol. The number of hydrogen-bond donors (Lipinski definition) is 3. The summed E-state index contributed by atoms with van der Waals surface area (Å²) in [4.78, 5) is 16.3. The zero-order valence-electron chi connectivity index (χ0n) is 13.8. The van der Waals surface area contributed by atoms with E-state index in [0.29, 0.717) is 11.7 Å². The summed E-state index contributed by atoms with van der Waals surface area (Å²) in [6, 6.07) is 7.67. The number of benzene rings is 1. The van der Waals surface area contributed by atoms with E-state index in [0.717, 1.165) is 29.4 Å². The largest absolute Gasteiger partial charge is 0.375 e. The number of hydrogen-bond acceptors (Lipinski definition) is 5. The van der Waals surface area contributed by atoms with Crippen molar-refractivity contribution in [2.45, 2.75) is 32.1 Å². The molecule has 1 aromatic heterocycles. The highest BCUT2D eigenvalue weighted by atomic mass is 32.1. The van der Waals surface area contributed by atoms with Crippen LogP contribution in [0.5, 0.6) is 0 Å². The molecule has 4 N–H and O–H groups in total. The van der Waals surface area contributed by atoms with Gasteiger partial charge in [0.15, 0.2) is 5.13 Å². The number of nitrogens with two attached hydrogens (primary N) is 1. The average molecular weight is 344 g/mol. The van der Waals surface area contributed by atoms with Gasteiger partial charge in [-0.2, -0.15) is 0 Å². The summed E-state index contributed by atoms with van der Waals surface area (Å²) >= 11 is 1.42. The van der Waals surface area contributed by atoms with Crippen LogP contribution in [0, 0.1) is 5.92 Å². The molecule has 0 aliphatic heterocycles. The van der Waals surface area contributed by atoms with E-state index in [1.807, 2.05) is 29.6 Å². The maximum Gasteiger partial charge on any atom is 0.238 e. The lowest BCUT2D eigenvalue weighted by Gasteiger charge is -2.21. The van der Waals surface area contributed by atoms with Crippen LogP contribution in [0.2, 0.25) is 0 Å². The molecule has 1 aliphatic carbocycles. The van der Waals surface area contributed by atoms with Gasteiger partial charge in [0.25, 0.3) is 0 Å². The summed E-state index contributed by atoms with van der Waals surface area (Å²) in [5, 5.41) is 8.69. The fourth-order valence-electron chi connectivity index (χ4n) is 3.13. The monoisotopic (exact) mass is 344 g/mol. The molecule has 0 radical (unpaired) electrons. The average Bonchev–Trinajstić information content (AvgIpc) is 3.03. The van der Waals surface area contributed by atoms with E-state index in [1.54, 1.807) is 0 Å². The van der Waals surface area contributed by atoms with Gasteiger partial charge in [-0.1, -0.05) is 31.4 Å². The first-order chi connectivity index (χ1) is 11.7. The maximum absolute atomic E-state index is 12.0. The lowest BCUT2D eigenvalue weighted by molar-refractivity contribution is -0.115. The third kappa shape index (κ3) is 4.79. The molecular formula is C18H24N4OS. The van der Waals surface area contributed by atoms with Gasteiger partial charge in [0.1, 0.15) is 0 Å². The molecule has 0 saturated heterocycles. The van der Waals surface area contributed by atoms with Gasteiger partial charge in [-0.25, -0.2) is 4.98 Å². The van der Waals surface area contributed by atoms with Crippen LogP contribution in [0.15, 0.2) is 29.6 Å². The molecule has 2 aromatic rings. The fourth-order valence-corrected chi connectivity index (χ4v) is 3.70. The highest BCUT2D eigenvalue weighted by molar-refractivity contribution is 7.13. The molecule has 1 amide bonds. The SMILES string of the molecule is Nc1nc(-c2ccc(NC(=O)CNCC3CCCCC3)cc2)cs1. The summed E-state index contributed by atoms with van der Waals surface area (Å²) in [5.74, 6) is 0.729. The number of carbonyl (C=O) groups is 1. The second kappa shape index (κ2) is 8.26. The molecule has 0 spiro atoms. The molecule has 5 nitrogen and oxygen atoms in total. The predicted octanol–water partition coefficient (Wildman–Crippen LogP) is 3.50. The van der Waals surface area contributed by atoms with Crippen LogP contribution in [0.3, 0.4) is 0 Å². The van der Waals surface area contributed by atoms with E-state index in [4.69, 9.17) is 5.73 Å². The summed E-state index contributed by atoms with van der Waals surface area (Å²) in [6.07, 6.45) is 6.60. The first-order valence-electron chi connectivity index (χ1n) is 8.53. The maximum atomic E-state index is 12.0.